The standard InChI is InChI=1S/C18H25N5O2/c1-19-18(24)15-8-10-23(20-15)13-5-4-9-22(11-13)12-16-14-6-2-3-7-17(14)25-21-16/h8,10,13H,2-7,9,11-12H2,1H3,(H,19,24)/t13-/m1/s1. The highest BCUT2D eigenvalue weighted by Crippen LogP contribution is 2.27. The Hall–Kier alpha value is -2.15. The van der Waals surface area contributed by atoms with E-state index in [1.807, 2.05) is 10.9 Å². The molecule has 0 radical (unpaired) electrons. The lowest BCUT2D eigenvalue weighted by Crippen LogP contribution is -2.36. The van der Waals surface area contributed by atoms with Crippen molar-refractivity contribution < 1.29 is 9.32 Å². The molecule has 3 heterocycles. The zero-order chi connectivity index (χ0) is 17.2. The maximum absolute atomic E-state index is 11.7. The molecule has 0 unspecified atom stereocenters. The minimum Gasteiger partial charge on any atom is -0.361 e. The fourth-order valence-electron chi connectivity index (χ4n) is 3.97. The Kier molecular flexibility index (Phi) is 4.57. The van der Waals surface area contributed by atoms with Crippen LogP contribution in [0.1, 0.15) is 59.2 Å². The topological polar surface area (TPSA) is 76.2 Å². The summed E-state index contributed by atoms with van der Waals surface area (Å²) in [7, 11) is 1.63. The van der Waals surface area contributed by atoms with Crippen LogP contribution in [-0.4, -0.2) is 45.9 Å². The van der Waals surface area contributed by atoms with Crippen molar-refractivity contribution in [1.29, 1.82) is 0 Å². The van der Waals surface area contributed by atoms with Crippen LogP contribution in [0.25, 0.3) is 0 Å². The molecule has 7 heteroatoms. The minimum atomic E-state index is -0.138. The maximum Gasteiger partial charge on any atom is 0.271 e. The number of fused-ring (bicyclic) bond motifs is 1. The molecule has 2 aromatic rings. The monoisotopic (exact) mass is 343 g/mol. The Morgan fingerprint density at radius 1 is 1.36 bits per heavy atom. The van der Waals surface area contributed by atoms with E-state index in [-0.39, 0.29) is 5.91 Å². The van der Waals surface area contributed by atoms with Gasteiger partial charge in [-0.2, -0.15) is 5.10 Å². The van der Waals surface area contributed by atoms with Gasteiger partial charge >= 0.3 is 0 Å². The van der Waals surface area contributed by atoms with Gasteiger partial charge < -0.3 is 9.84 Å². The van der Waals surface area contributed by atoms with E-state index in [2.05, 4.69) is 20.5 Å². The van der Waals surface area contributed by atoms with Crippen molar-refractivity contribution in [2.75, 3.05) is 20.1 Å². The summed E-state index contributed by atoms with van der Waals surface area (Å²) >= 11 is 0. The maximum atomic E-state index is 11.7. The fourth-order valence-corrected chi connectivity index (χ4v) is 3.97. The van der Waals surface area contributed by atoms with E-state index in [9.17, 15) is 4.79 Å². The van der Waals surface area contributed by atoms with Crippen LogP contribution in [0.2, 0.25) is 0 Å². The fraction of sp³-hybridized carbons (Fsp3) is 0.611. The summed E-state index contributed by atoms with van der Waals surface area (Å²) in [4.78, 5) is 14.1. The number of nitrogens with zero attached hydrogens (tertiary/aromatic N) is 4. The van der Waals surface area contributed by atoms with E-state index in [1.165, 1.54) is 18.4 Å². The number of likely N-dealkylation sites (tertiary alicyclic amines) is 1. The predicted octanol–water partition coefficient (Wildman–Crippen LogP) is 1.95. The molecule has 1 aliphatic carbocycles. The smallest absolute Gasteiger partial charge is 0.271 e. The van der Waals surface area contributed by atoms with Crippen molar-refractivity contribution in [3.05, 3.63) is 35.0 Å². The molecular weight excluding hydrogens is 318 g/mol. The molecule has 4 rings (SSSR count). The van der Waals surface area contributed by atoms with Gasteiger partial charge in [-0.05, 0) is 44.7 Å². The van der Waals surface area contributed by atoms with Gasteiger partial charge in [0.05, 0.1) is 6.04 Å². The van der Waals surface area contributed by atoms with Gasteiger partial charge in [0, 0.05) is 38.3 Å². The molecule has 0 saturated carbocycles. The number of carbonyl (C=O) groups excluding carboxylic acids is 1. The highest BCUT2D eigenvalue weighted by Gasteiger charge is 2.26. The number of hydrogen-bond acceptors (Lipinski definition) is 5. The van der Waals surface area contributed by atoms with E-state index in [0.717, 1.165) is 56.8 Å². The van der Waals surface area contributed by atoms with E-state index < -0.39 is 0 Å². The van der Waals surface area contributed by atoms with E-state index in [0.29, 0.717) is 11.7 Å². The van der Waals surface area contributed by atoms with Crippen LogP contribution < -0.4 is 5.32 Å². The van der Waals surface area contributed by atoms with Crippen LogP contribution in [0, 0.1) is 0 Å². The Morgan fingerprint density at radius 2 is 2.24 bits per heavy atom. The second-order valence-corrected chi connectivity index (χ2v) is 7.03. The zero-order valence-corrected chi connectivity index (χ0v) is 14.7. The molecule has 0 aromatic carbocycles. The summed E-state index contributed by atoms with van der Waals surface area (Å²) in [6.07, 6.45) is 8.69. The average molecular weight is 343 g/mol. The summed E-state index contributed by atoms with van der Waals surface area (Å²) in [5.74, 6) is 0.956. The molecule has 2 aliphatic rings. The molecule has 1 N–H and O–H groups in total. The molecule has 1 atom stereocenters. The number of aromatic nitrogens is 3. The Bertz CT molecular complexity index is 750. The molecule has 134 valence electrons. The lowest BCUT2D eigenvalue weighted by atomic mass is 9.96. The third kappa shape index (κ3) is 3.33. The number of rotatable bonds is 4. The van der Waals surface area contributed by atoms with Crippen LogP contribution in [-0.2, 0) is 19.4 Å². The Labute approximate surface area is 147 Å². The van der Waals surface area contributed by atoms with Crippen LogP contribution in [0.4, 0.5) is 0 Å². The number of hydrogen-bond donors (Lipinski definition) is 1. The van der Waals surface area contributed by atoms with Gasteiger partial charge in [0.2, 0.25) is 0 Å². The van der Waals surface area contributed by atoms with Gasteiger partial charge in [-0.1, -0.05) is 5.16 Å². The largest absolute Gasteiger partial charge is 0.361 e. The highest BCUT2D eigenvalue weighted by molar-refractivity contribution is 5.91. The second-order valence-electron chi connectivity index (χ2n) is 7.03. The number of aryl methyl sites for hydroxylation is 1. The molecule has 25 heavy (non-hydrogen) atoms. The first kappa shape index (κ1) is 16.3. The number of nitrogens with one attached hydrogen (secondary N) is 1. The van der Waals surface area contributed by atoms with Gasteiger partial charge in [-0.25, -0.2) is 0 Å². The summed E-state index contributed by atoms with van der Waals surface area (Å²) in [6, 6.07) is 2.08. The molecule has 7 nitrogen and oxygen atoms in total. The van der Waals surface area contributed by atoms with E-state index in [1.54, 1.807) is 13.1 Å². The first-order valence-electron chi connectivity index (χ1n) is 9.20. The normalized spacial score (nSPS) is 21.1. The van der Waals surface area contributed by atoms with Crippen molar-refractivity contribution in [3.63, 3.8) is 0 Å². The first-order valence-corrected chi connectivity index (χ1v) is 9.20. The van der Waals surface area contributed by atoms with Crippen LogP contribution in [0.5, 0.6) is 0 Å². The van der Waals surface area contributed by atoms with Gasteiger partial charge in [0.15, 0.2) is 0 Å². The molecule has 0 spiro atoms. The third-order valence-corrected chi connectivity index (χ3v) is 5.33. The lowest BCUT2D eigenvalue weighted by molar-refractivity contribution is 0.0955. The van der Waals surface area contributed by atoms with Crippen molar-refractivity contribution in [2.45, 2.75) is 51.1 Å². The van der Waals surface area contributed by atoms with Crippen LogP contribution in [0.3, 0.4) is 0 Å². The lowest BCUT2D eigenvalue weighted by Gasteiger charge is -2.32. The van der Waals surface area contributed by atoms with Crippen molar-refractivity contribution >= 4 is 5.91 Å². The van der Waals surface area contributed by atoms with Gasteiger partial charge in [-0.3, -0.25) is 14.4 Å². The van der Waals surface area contributed by atoms with Crippen LogP contribution in [0.15, 0.2) is 16.8 Å². The number of piperidine rings is 1. The average Bonchev–Trinajstić information content (AvgIpc) is 3.29. The van der Waals surface area contributed by atoms with E-state index in [4.69, 9.17) is 4.52 Å². The number of carbonyl (C=O) groups is 1. The van der Waals surface area contributed by atoms with Crippen LogP contribution >= 0.6 is 0 Å². The van der Waals surface area contributed by atoms with Gasteiger partial charge in [-0.15, -0.1) is 0 Å². The SMILES string of the molecule is CNC(=O)c1ccn([C@@H]2CCCN(Cc3noc4c3CCCC4)C2)n1. The van der Waals surface area contributed by atoms with Gasteiger partial charge in [0.25, 0.3) is 5.91 Å². The quantitative estimate of drug-likeness (QED) is 0.918. The molecule has 2 aromatic heterocycles. The molecule has 1 aliphatic heterocycles. The summed E-state index contributed by atoms with van der Waals surface area (Å²) in [5.41, 5.74) is 2.93. The van der Waals surface area contributed by atoms with Crippen molar-refractivity contribution in [3.8, 4) is 0 Å². The zero-order valence-electron chi connectivity index (χ0n) is 14.7. The minimum absolute atomic E-state index is 0.138. The first-order chi connectivity index (χ1) is 12.2. The Morgan fingerprint density at radius 3 is 3.12 bits per heavy atom. The van der Waals surface area contributed by atoms with Crippen molar-refractivity contribution in [1.82, 2.24) is 25.2 Å². The molecule has 0 bridgehead atoms. The van der Waals surface area contributed by atoms with Crippen molar-refractivity contribution in [2.24, 2.45) is 0 Å². The highest BCUT2D eigenvalue weighted by atomic mass is 16.5. The molecule has 1 fully saturated rings. The summed E-state index contributed by atoms with van der Waals surface area (Å²) < 4.78 is 7.48. The summed E-state index contributed by atoms with van der Waals surface area (Å²) in [6.45, 7) is 2.84. The third-order valence-electron chi connectivity index (χ3n) is 5.33. The Balaban J connectivity index is 1.43. The molecular formula is C18H25N5O2. The predicted molar refractivity (Wildman–Crippen MR) is 92.3 cm³/mol. The second kappa shape index (κ2) is 7.00. The van der Waals surface area contributed by atoms with Gasteiger partial charge in [0.1, 0.15) is 17.1 Å². The molecule has 1 amide bonds. The summed E-state index contributed by atoms with van der Waals surface area (Å²) in [5, 5.41) is 11.4. The van der Waals surface area contributed by atoms with E-state index >= 15 is 0 Å². The number of amides is 1. The molecule has 1 saturated heterocycles.